The van der Waals surface area contributed by atoms with Gasteiger partial charge < -0.3 is 14.4 Å². The van der Waals surface area contributed by atoms with E-state index in [9.17, 15) is 9.18 Å². The Balaban J connectivity index is 1.52. The molecule has 2 aliphatic rings. The highest BCUT2D eigenvalue weighted by Crippen LogP contribution is 2.38. The Bertz CT molecular complexity index is 518. The number of carbonyl (C=O) groups excluding carboxylic acids is 1. The second-order valence-corrected chi connectivity index (χ2v) is 5.77. The van der Waals surface area contributed by atoms with Gasteiger partial charge in [-0.05, 0) is 31.0 Å². The zero-order valence-corrected chi connectivity index (χ0v) is 11.5. The van der Waals surface area contributed by atoms with E-state index in [0.29, 0.717) is 0 Å². The summed E-state index contributed by atoms with van der Waals surface area (Å²) in [5.74, 6) is -0.395. The Morgan fingerprint density at radius 3 is 3.00 bits per heavy atom. The Labute approximate surface area is 117 Å². The lowest BCUT2D eigenvalue weighted by Gasteiger charge is -2.47. The van der Waals surface area contributed by atoms with Crippen LogP contribution in [0.25, 0.3) is 0 Å². The van der Waals surface area contributed by atoms with Crippen LogP contribution in [0.1, 0.15) is 12.0 Å². The number of halogens is 1. The fraction of sp³-hybridized carbons (Fsp3) is 0.533. The molecule has 2 fully saturated rings. The third kappa shape index (κ3) is 2.50. The highest BCUT2D eigenvalue weighted by molar-refractivity contribution is 5.78. The number of hydrogen-bond acceptors (Lipinski definition) is 3. The summed E-state index contributed by atoms with van der Waals surface area (Å²) in [6.45, 7) is 4.72. The summed E-state index contributed by atoms with van der Waals surface area (Å²) in [6.07, 6.45) is 1.02. The van der Waals surface area contributed by atoms with Crippen molar-refractivity contribution in [2.45, 2.75) is 13.3 Å². The van der Waals surface area contributed by atoms with Crippen LogP contribution in [0.4, 0.5) is 4.39 Å². The van der Waals surface area contributed by atoms with Crippen LogP contribution in [0.2, 0.25) is 0 Å². The largest absolute Gasteiger partial charge is 0.481 e. The summed E-state index contributed by atoms with van der Waals surface area (Å²) in [5, 5.41) is 0. The molecule has 2 saturated heterocycles. The number of carbonyl (C=O) groups is 1. The molecular weight excluding hydrogens is 261 g/mol. The summed E-state index contributed by atoms with van der Waals surface area (Å²) in [4.78, 5) is 13.7. The fourth-order valence-corrected chi connectivity index (χ4v) is 2.79. The number of hydrogen-bond donors (Lipinski definition) is 0. The minimum atomic E-state index is -0.437. The van der Waals surface area contributed by atoms with E-state index in [0.717, 1.165) is 38.3 Å². The number of nitrogens with zero attached hydrogens (tertiary/aromatic N) is 1. The van der Waals surface area contributed by atoms with Crippen molar-refractivity contribution in [3.05, 3.63) is 29.6 Å². The predicted molar refractivity (Wildman–Crippen MR) is 71.1 cm³/mol. The fourth-order valence-electron chi connectivity index (χ4n) is 2.79. The average molecular weight is 279 g/mol. The number of likely N-dealkylation sites (tertiary alicyclic amines) is 1. The van der Waals surface area contributed by atoms with Crippen LogP contribution in [0.15, 0.2) is 18.2 Å². The molecule has 5 heteroatoms. The molecule has 1 amide bonds. The molecule has 1 aromatic carbocycles. The summed E-state index contributed by atoms with van der Waals surface area (Å²) >= 11 is 0. The van der Waals surface area contributed by atoms with E-state index in [1.807, 2.05) is 6.92 Å². The van der Waals surface area contributed by atoms with Gasteiger partial charge in [-0.2, -0.15) is 0 Å². The van der Waals surface area contributed by atoms with Crippen LogP contribution >= 0.6 is 0 Å². The lowest BCUT2D eigenvalue weighted by Crippen LogP contribution is -2.59. The molecule has 0 unspecified atom stereocenters. The van der Waals surface area contributed by atoms with E-state index in [2.05, 4.69) is 0 Å². The highest BCUT2D eigenvalue weighted by Gasteiger charge is 2.47. The highest BCUT2D eigenvalue weighted by atomic mass is 19.1. The van der Waals surface area contributed by atoms with Crippen LogP contribution < -0.4 is 4.74 Å². The van der Waals surface area contributed by atoms with Gasteiger partial charge in [0.1, 0.15) is 0 Å². The number of benzene rings is 1. The Hall–Kier alpha value is -1.62. The summed E-state index contributed by atoms with van der Waals surface area (Å²) in [5.41, 5.74) is 1.07. The number of ether oxygens (including phenoxy) is 2. The second-order valence-electron chi connectivity index (χ2n) is 5.77. The molecule has 0 atom stereocenters. The third-order valence-corrected chi connectivity index (χ3v) is 4.03. The normalized spacial score (nSPS) is 20.0. The molecule has 0 aliphatic carbocycles. The van der Waals surface area contributed by atoms with E-state index in [1.165, 1.54) is 6.07 Å². The van der Waals surface area contributed by atoms with Crippen molar-refractivity contribution in [1.29, 1.82) is 0 Å². The van der Waals surface area contributed by atoms with Gasteiger partial charge in [0, 0.05) is 25.1 Å². The van der Waals surface area contributed by atoms with E-state index in [4.69, 9.17) is 9.47 Å². The summed E-state index contributed by atoms with van der Waals surface area (Å²) in [7, 11) is 0. The molecule has 0 saturated carbocycles. The van der Waals surface area contributed by atoms with Crippen LogP contribution in [-0.4, -0.2) is 43.7 Å². The maximum absolute atomic E-state index is 13.5. The smallest absolute Gasteiger partial charge is 0.260 e. The first kappa shape index (κ1) is 13.4. The molecule has 1 spiro atoms. The van der Waals surface area contributed by atoms with Crippen LogP contribution in [0.3, 0.4) is 0 Å². The Morgan fingerprint density at radius 2 is 2.30 bits per heavy atom. The van der Waals surface area contributed by atoms with E-state index in [-0.39, 0.29) is 23.7 Å². The monoisotopic (exact) mass is 279 g/mol. The standard InChI is InChI=1S/C15H18FNO3/c1-11-2-3-12(16)13(6-11)20-7-14(18)17-8-15(9-17)4-5-19-10-15/h2-3,6H,4-5,7-10H2,1H3. The maximum atomic E-state index is 13.5. The van der Waals surface area contributed by atoms with Gasteiger partial charge in [0.15, 0.2) is 18.2 Å². The lowest BCUT2D eigenvalue weighted by atomic mass is 9.79. The molecule has 108 valence electrons. The van der Waals surface area contributed by atoms with Gasteiger partial charge in [-0.3, -0.25) is 4.79 Å². The molecule has 3 rings (SSSR count). The molecule has 2 aliphatic heterocycles. The summed E-state index contributed by atoms with van der Waals surface area (Å²) < 4.78 is 24.2. The van der Waals surface area contributed by atoms with Crippen LogP contribution in [0, 0.1) is 18.2 Å². The van der Waals surface area contributed by atoms with E-state index >= 15 is 0 Å². The first-order valence-electron chi connectivity index (χ1n) is 6.83. The van der Waals surface area contributed by atoms with Crippen molar-refractivity contribution in [1.82, 2.24) is 4.90 Å². The lowest BCUT2D eigenvalue weighted by molar-refractivity contribution is -0.145. The van der Waals surface area contributed by atoms with Gasteiger partial charge in [0.25, 0.3) is 5.91 Å². The van der Waals surface area contributed by atoms with Gasteiger partial charge in [0.2, 0.25) is 0 Å². The van der Waals surface area contributed by atoms with E-state index in [1.54, 1.807) is 17.0 Å². The molecule has 1 aromatic rings. The minimum absolute atomic E-state index is 0.0940. The third-order valence-electron chi connectivity index (χ3n) is 4.03. The second kappa shape index (κ2) is 5.05. The van der Waals surface area contributed by atoms with Crippen molar-refractivity contribution < 1.29 is 18.7 Å². The number of aryl methyl sites for hydroxylation is 1. The maximum Gasteiger partial charge on any atom is 0.260 e. The molecule has 0 aromatic heterocycles. The first-order valence-corrected chi connectivity index (χ1v) is 6.83. The SMILES string of the molecule is Cc1ccc(F)c(OCC(=O)N2CC3(CCOC3)C2)c1. The molecule has 2 heterocycles. The molecule has 4 nitrogen and oxygen atoms in total. The molecule has 20 heavy (non-hydrogen) atoms. The molecule has 0 radical (unpaired) electrons. The van der Waals surface area contributed by atoms with Gasteiger partial charge in [-0.15, -0.1) is 0 Å². The van der Waals surface area contributed by atoms with Crippen molar-refractivity contribution in [3.8, 4) is 5.75 Å². The van der Waals surface area contributed by atoms with Gasteiger partial charge in [-0.25, -0.2) is 4.39 Å². The Morgan fingerprint density at radius 1 is 1.50 bits per heavy atom. The van der Waals surface area contributed by atoms with Gasteiger partial charge >= 0.3 is 0 Å². The summed E-state index contributed by atoms with van der Waals surface area (Å²) in [6, 6.07) is 4.62. The van der Waals surface area contributed by atoms with Crippen molar-refractivity contribution in [2.24, 2.45) is 5.41 Å². The van der Waals surface area contributed by atoms with Crippen LogP contribution in [-0.2, 0) is 9.53 Å². The number of amides is 1. The quantitative estimate of drug-likeness (QED) is 0.846. The van der Waals surface area contributed by atoms with E-state index < -0.39 is 5.82 Å². The molecule has 0 bridgehead atoms. The number of rotatable bonds is 3. The molecular formula is C15H18FNO3. The van der Waals surface area contributed by atoms with Crippen molar-refractivity contribution in [3.63, 3.8) is 0 Å². The Kier molecular flexibility index (Phi) is 3.38. The van der Waals surface area contributed by atoms with Crippen molar-refractivity contribution in [2.75, 3.05) is 32.9 Å². The van der Waals surface area contributed by atoms with Crippen molar-refractivity contribution >= 4 is 5.91 Å². The zero-order chi connectivity index (χ0) is 14.2. The topological polar surface area (TPSA) is 38.8 Å². The average Bonchev–Trinajstić information content (AvgIpc) is 2.87. The first-order chi connectivity index (χ1) is 9.58. The predicted octanol–water partition coefficient (Wildman–Crippen LogP) is 1.76. The molecule has 0 N–H and O–H groups in total. The van der Waals surface area contributed by atoms with Gasteiger partial charge in [0.05, 0.1) is 6.61 Å². The van der Waals surface area contributed by atoms with Crippen LogP contribution in [0.5, 0.6) is 5.75 Å². The minimum Gasteiger partial charge on any atom is -0.481 e. The zero-order valence-electron chi connectivity index (χ0n) is 11.5. The van der Waals surface area contributed by atoms with Gasteiger partial charge in [-0.1, -0.05) is 6.07 Å².